The number of hydrogen-bond acceptors (Lipinski definition) is 5. The van der Waals surface area contributed by atoms with Gasteiger partial charge in [-0.05, 0) is 49.2 Å². The van der Waals surface area contributed by atoms with E-state index in [0.29, 0.717) is 10.8 Å². The number of rotatable bonds is 5. The van der Waals surface area contributed by atoms with E-state index in [1.165, 1.54) is 12.1 Å². The average molecular weight is 336 g/mol. The van der Waals surface area contributed by atoms with Crippen molar-refractivity contribution < 1.29 is 19.2 Å². The van der Waals surface area contributed by atoms with Crippen molar-refractivity contribution >= 4 is 23.3 Å². The van der Waals surface area contributed by atoms with Gasteiger partial charge in [0, 0.05) is 11.1 Å². The average Bonchev–Trinajstić information content (AvgIpc) is 2.48. The lowest BCUT2D eigenvalue weighted by molar-refractivity contribution is -0.385. The molecular formula is C16H14ClNO5. The van der Waals surface area contributed by atoms with Crippen LogP contribution in [0.2, 0.25) is 5.02 Å². The Hall–Kier alpha value is -2.60. The Kier molecular flexibility index (Phi) is 5.18. The molecule has 2 aromatic carbocycles. The highest BCUT2D eigenvalue weighted by atomic mass is 35.5. The first-order valence-electron chi connectivity index (χ1n) is 6.71. The van der Waals surface area contributed by atoms with E-state index >= 15 is 0 Å². The maximum absolute atomic E-state index is 11.8. The molecule has 0 amide bonds. The van der Waals surface area contributed by atoms with Gasteiger partial charge < -0.3 is 9.47 Å². The predicted molar refractivity (Wildman–Crippen MR) is 85.2 cm³/mol. The highest BCUT2D eigenvalue weighted by molar-refractivity contribution is 6.31. The van der Waals surface area contributed by atoms with Crippen LogP contribution in [-0.4, -0.2) is 17.5 Å². The van der Waals surface area contributed by atoms with Crippen LogP contribution in [0.5, 0.6) is 11.5 Å². The number of carbonyl (C=O) groups excluding carboxylic acids is 1. The zero-order valence-corrected chi connectivity index (χ0v) is 13.3. The predicted octanol–water partition coefficient (Wildman–Crippen LogP) is 3.85. The summed E-state index contributed by atoms with van der Waals surface area (Å²) < 4.78 is 10.3. The van der Waals surface area contributed by atoms with Gasteiger partial charge in [0.05, 0.1) is 4.92 Å². The van der Waals surface area contributed by atoms with Crippen LogP contribution in [0.3, 0.4) is 0 Å². The largest absolute Gasteiger partial charge is 0.482 e. The first kappa shape index (κ1) is 16.8. The molecule has 0 aliphatic carbocycles. The van der Waals surface area contributed by atoms with E-state index in [2.05, 4.69) is 0 Å². The lowest BCUT2D eigenvalue weighted by Gasteiger charge is -2.08. The summed E-state index contributed by atoms with van der Waals surface area (Å²) >= 11 is 5.90. The molecule has 0 N–H and O–H groups in total. The Bertz CT molecular complexity index is 760. The lowest BCUT2D eigenvalue weighted by atomic mass is 10.2. The topological polar surface area (TPSA) is 78.7 Å². The molecule has 0 aliphatic rings. The number of halogens is 1. The SMILES string of the molecule is Cc1ccc([N+](=O)[O-])c(OC(=O)COc2ccc(Cl)c(C)c2)c1. The van der Waals surface area contributed by atoms with Crippen LogP contribution in [0, 0.1) is 24.0 Å². The number of nitrogens with zero attached hydrogens (tertiary/aromatic N) is 1. The van der Waals surface area contributed by atoms with Gasteiger partial charge in [0.1, 0.15) is 5.75 Å². The van der Waals surface area contributed by atoms with Crippen LogP contribution in [-0.2, 0) is 4.79 Å². The monoisotopic (exact) mass is 335 g/mol. The van der Waals surface area contributed by atoms with E-state index in [0.717, 1.165) is 11.1 Å². The molecule has 0 atom stereocenters. The Balaban J connectivity index is 2.03. The molecule has 2 aromatic rings. The van der Waals surface area contributed by atoms with Gasteiger partial charge in [0.15, 0.2) is 6.61 Å². The second kappa shape index (κ2) is 7.11. The van der Waals surface area contributed by atoms with Crippen LogP contribution >= 0.6 is 11.6 Å². The minimum absolute atomic E-state index is 0.101. The molecule has 23 heavy (non-hydrogen) atoms. The molecule has 0 unspecified atom stereocenters. The molecule has 0 saturated heterocycles. The summed E-state index contributed by atoms with van der Waals surface area (Å²) in [4.78, 5) is 22.2. The third-order valence-corrected chi connectivity index (χ3v) is 3.45. The van der Waals surface area contributed by atoms with Gasteiger partial charge in [-0.2, -0.15) is 0 Å². The highest BCUT2D eigenvalue weighted by Crippen LogP contribution is 2.28. The number of nitro groups is 1. The summed E-state index contributed by atoms with van der Waals surface area (Å²) in [6.45, 7) is 3.18. The molecule has 2 rings (SSSR count). The zero-order valence-electron chi connectivity index (χ0n) is 12.5. The molecule has 0 saturated carbocycles. The van der Waals surface area contributed by atoms with Gasteiger partial charge in [-0.15, -0.1) is 0 Å². The third kappa shape index (κ3) is 4.43. The van der Waals surface area contributed by atoms with E-state index in [1.54, 1.807) is 31.2 Å². The van der Waals surface area contributed by atoms with Crippen molar-refractivity contribution in [3.8, 4) is 11.5 Å². The van der Waals surface area contributed by atoms with Crippen molar-refractivity contribution in [1.82, 2.24) is 0 Å². The Morgan fingerprint density at radius 3 is 2.61 bits per heavy atom. The van der Waals surface area contributed by atoms with Gasteiger partial charge in [-0.25, -0.2) is 4.79 Å². The van der Waals surface area contributed by atoms with Crippen LogP contribution in [0.15, 0.2) is 36.4 Å². The maximum Gasteiger partial charge on any atom is 0.349 e. The number of nitro benzene ring substituents is 1. The summed E-state index contributed by atoms with van der Waals surface area (Å²) in [6.07, 6.45) is 0. The van der Waals surface area contributed by atoms with Crippen molar-refractivity contribution in [2.45, 2.75) is 13.8 Å². The molecule has 6 nitrogen and oxygen atoms in total. The first-order chi connectivity index (χ1) is 10.9. The molecule has 0 aliphatic heterocycles. The maximum atomic E-state index is 11.8. The second-order valence-electron chi connectivity index (χ2n) is 4.90. The van der Waals surface area contributed by atoms with Crippen molar-refractivity contribution in [2.24, 2.45) is 0 Å². The summed E-state index contributed by atoms with van der Waals surface area (Å²) in [5, 5.41) is 11.5. The molecule has 0 fully saturated rings. The molecule has 120 valence electrons. The van der Waals surface area contributed by atoms with Gasteiger partial charge in [0.25, 0.3) is 0 Å². The molecule has 0 heterocycles. The van der Waals surface area contributed by atoms with Gasteiger partial charge in [0.2, 0.25) is 5.75 Å². The lowest BCUT2D eigenvalue weighted by Crippen LogP contribution is -2.18. The summed E-state index contributed by atoms with van der Waals surface area (Å²) in [5.41, 5.74) is 1.28. The number of aryl methyl sites for hydroxylation is 2. The normalized spacial score (nSPS) is 10.2. The van der Waals surface area contributed by atoms with Gasteiger partial charge in [-0.1, -0.05) is 17.7 Å². The molecule has 0 spiro atoms. The second-order valence-corrected chi connectivity index (χ2v) is 5.31. The van der Waals surface area contributed by atoms with Crippen LogP contribution < -0.4 is 9.47 Å². The number of benzene rings is 2. The van der Waals surface area contributed by atoms with Gasteiger partial charge >= 0.3 is 11.7 Å². The van der Waals surface area contributed by atoms with E-state index in [-0.39, 0.29) is 18.0 Å². The molecule has 7 heteroatoms. The minimum Gasteiger partial charge on any atom is -0.482 e. The first-order valence-corrected chi connectivity index (χ1v) is 7.09. The van der Waals surface area contributed by atoms with Crippen LogP contribution in [0.4, 0.5) is 5.69 Å². The number of hydrogen-bond donors (Lipinski definition) is 0. The van der Waals surface area contributed by atoms with Crippen molar-refractivity contribution in [2.75, 3.05) is 6.61 Å². The number of carbonyl (C=O) groups is 1. The van der Waals surface area contributed by atoms with Crippen molar-refractivity contribution in [3.63, 3.8) is 0 Å². The Morgan fingerprint density at radius 1 is 1.22 bits per heavy atom. The summed E-state index contributed by atoms with van der Waals surface area (Å²) in [7, 11) is 0. The Morgan fingerprint density at radius 2 is 1.96 bits per heavy atom. The van der Waals surface area contributed by atoms with E-state index < -0.39 is 10.9 Å². The zero-order chi connectivity index (χ0) is 17.0. The third-order valence-electron chi connectivity index (χ3n) is 3.02. The smallest absolute Gasteiger partial charge is 0.349 e. The molecule has 0 aromatic heterocycles. The van der Waals surface area contributed by atoms with Crippen molar-refractivity contribution in [3.05, 3.63) is 62.7 Å². The quantitative estimate of drug-likeness (QED) is 0.359. The van der Waals surface area contributed by atoms with E-state index in [4.69, 9.17) is 21.1 Å². The van der Waals surface area contributed by atoms with E-state index in [9.17, 15) is 14.9 Å². The standard InChI is InChI=1S/C16H14ClNO5/c1-10-3-6-14(18(20)21)15(7-10)23-16(19)9-22-12-4-5-13(17)11(2)8-12/h3-8H,9H2,1-2H3. The highest BCUT2D eigenvalue weighted by Gasteiger charge is 2.18. The molecular weight excluding hydrogens is 322 g/mol. The van der Waals surface area contributed by atoms with E-state index in [1.807, 2.05) is 6.92 Å². The fourth-order valence-corrected chi connectivity index (χ4v) is 1.97. The molecule has 0 radical (unpaired) electrons. The number of esters is 1. The fraction of sp³-hybridized carbons (Fsp3) is 0.188. The van der Waals surface area contributed by atoms with Gasteiger partial charge in [-0.3, -0.25) is 10.1 Å². The number of ether oxygens (including phenoxy) is 2. The van der Waals surface area contributed by atoms with Crippen LogP contribution in [0.25, 0.3) is 0 Å². The minimum atomic E-state index is -0.730. The van der Waals surface area contributed by atoms with Crippen molar-refractivity contribution in [1.29, 1.82) is 0 Å². The Labute approximate surface area is 137 Å². The fourth-order valence-electron chi connectivity index (χ4n) is 1.86. The van der Waals surface area contributed by atoms with Crippen LogP contribution in [0.1, 0.15) is 11.1 Å². The summed E-state index contributed by atoms with van der Waals surface area (Å²) in [6, 6.07) is 9.26. The molecule has 0 bridgehead atoms. The summed E-state index contributed by atoms with van der Waals surface area (Å²) in [5.74, 6) is -0.371.